The van der Waals surface area contributed by atoms with E-state index in [1.165, 1.54) is 0 Å². The van der Waals surface area contributed by atoms with Gasteiger partial charge in [-0.05, 0) is 12.0 Å². The summed E-state index contributed by atoms with van der Waals surface area (Å²) in [4.78, 5) is 12.0. The van der Waals surface area contributed by atoms with E-state index in [9.17, 15) is 4.79 Å². The Kier molecular flexibility index (Phi) is 2.56. The van der Waals surface area contributed by atoms with Gasteiger partial charge in [0.1, 0.15) is 11.9 Å². The minimum atomic E-state index is -0.103. The fraction of sp³-hybridized carbons (Fsp3) is 0.267. The summed E-state index contributed by atoms with van der Waals surface area (Å²) in [6.45, 7) is 0. The summed E-state index contributed by atoms with van der Waals surface area (Å²) in [6, 6.07) is 9.97. The van der Waals surface area contributed by atoms with Gasteiger partial charge in [0.2, 0.25) is 0 Å². The summed E-state index contributed by atoms with van der Waals surface area (Å²) < 4.78 is 5.95. The third-order valence-corrected chi connectivity index (χ3v) is 3.29. The standard InChI is InChI=1S/C15H14O2/c16-13-10-15(11-6-2-1-3-7-11)17-14-9-5-4-8-12(13)14/h1-7,15H,8-10H2. The molecule has 2 nitrogen and oxygen atoms in total. The van der Waals surface area contributed by atoms with E-state index in [1.54, 1.807) is 0 Å². The Morgan fingerprint density at radius 1 is 1.06 bits per heavy atom. The van der Waals surface area contributed by atoms with Gasteiger partial charge in [-0.3, -0.25) is 4.79 Å². The first kappa shape index (κ1) is 10.3. The molecule has 1 heterocycles. The lowest BCUT2D eigenvalue weighted by Crippen LogP contribution is -2.21. The lowest BCUT2D eigenvalue weighted by molar-refractivity contribution is -0.120. The predicted molar refractivity (Wildman–Crippen MR) is 65.3 cm³/mol. The van der Waals surface area contributed by atoms with Gasteiger partial charge >= 0.3 is 0 Å². The number of carbonyl (C=O) groups is 1. The molecule has 17 heavy (non-hydrogen) atoms. The first-order chi connectivity index (χ1) is 8.34. The number of benzene rings is 1. The van der Waals surface area contributed by atoms with Gasteiger partial charge < -0.3 is 4.74 Å². The SMILES string of the molecule is O=C1CC(c2ccccc2)OC2=C1CC=CC2. The molecule has 0 saturated heterocycles. The van der Waals surface area contributed by atoms with E-state index in [-0.39, 0.29) is 11.9 Å². The van der Waals surface area contributed by atoms with E-state index in [2.05, 4.69) is 6.08 Å². The van der Waals surface area contributed by atoms with Gasteiger partial charge in [-0.1, -0.05) is 42.5 Å². The highest BCUT2D eigenvalue weighted by Crippen LogP contribution is 2.36. The van der Waals surface area contributed by atoms with Crippen molar-refractivity contribution < 1.29 is 9.53 Å². The molecule has 0 spiro atoms. The molecule has 1 unspecified atom stereocenters. The first-order valence-electron chi connectivity index (χ1n) is 5.96. The molecule has 1 aliphatic heterocycles. The van der Waals surface area contributed by atoms with Crippen LogP contribution in [-0.4, -0.2) is 5.78 Å². The van der Waals surface area contributed by atoms with Crippen LogP contribution < -0.4 is 0 Å². The fourth-order valence-electron chi connectivity index (χ4n) is 2.38. The summed E-state index contributed by atoms with van der Waals surface area (Å²) >= 11 is 0. The van der Waals surface area contributed by atoms with Crippen LogP contribution in [0.1, 0.15) is 30.9 Å². The minimum Gasteiger partial charge on any atom is -0.489 e. The molecule has 0 aromatic heterocycles. The second-order valence-corrected chi connectivity index (χ2v) is 4.43. The number of ether oxygens (including phenoxy) is 1. The number of hydrogen-bond acceptors (Lipinski definition) is 2. The van der Waals surface area contributed by atoms with E-state index >= 15 is 0 Å². The lowest BCUT2D eigenvalue weighted by atomic mass is 9.91. The van der Waals surface area contributed by atoms with Gasteiger partial charge in [0, 0.05) is 12.0 Å². The maximum atomic E-state index is 12.0. The van der Waals surface area contributed by atoms with E-state index in [1.807, 2.05) is 36.4 Å². The maximum Gasteiger partial charge on any atom is 0.166 e. The Morgan fingerprint density at radius 2 is 1.82 bits per heavy atom. The summed E-state index contributed by atoms with van der Waals surface area (Å²) in [6.07, 6.45) is 5.97. The number of allylic oxidation sites excluding steroid dienone is 3. The van der Waals surface area contributed by atoms with Gasteiger partial charge in [-0.2, -0.15) is 0 Å². The summed E-state index contributed by atoms with van der Waals surface area (Å²) in [7, 11) is 0. The summed E-state index contributed by atoms with van der Waals surface area (Å²) in [5, 5.41) is 0. The Labute approximate surface area is 101 Å². The van der Waals surface area contributed by atoms with Crippen molar-refractivity contribution in [2.45, 2.75) is 25.4 Å². The number of ketones is 1. The zero-order chi connectivity index (χ0) is 11.7. The van der Waals surface area contributed by atoms with Crippen molar-refractivity contribution in [3.63, 3.8) is 0 Å². The van der Waals surface area contributed by atoms with Gasteiger partial charge in [0.25, 0.3) is 0 Å². The average molecular weight is 226 g/mol. The normalized spacial score (nSPS) is 23.3. The zero-order valence-electron chi connectivity index (χ0n) is 9.56. The molecule has 1 aromatic rings. The second kappa shape index (κ2) is 4.21. The Hall–Kier alpha value is -1.83. The molecule has 1 aromatic carbocycles. The molecule has 3 rings (SSSR count). The smallest absolute Gasteiger partial charge is 0.166 e. The van der Waals surface area contributed by atoms with Crippen LogP contribution in [0.4, 0.5) is 0 Å². The van der Waals surface area contributed by atoms with E-state index in [4.69, 9.17) is 4.74 Å². The van der Waals surface area contributed by atoms with Crippen LogP contribution in [0.3, 0.4) is 0 Å². The van der Waals surface area contributed by atoms with Crippen LogP contribution in [0.2, 0.25) is 0 Å². The number of carbonyl (C=O) groups excluding carboxylic acids is 1. The number of hydrogen-bond donors (Lipinski definition) is 0. The maximum absolute atomic E-state index is 12.0. The summed E-state index contributed by atoms with van der Waals surface area (Å²) in [5.41, 5.74) is 1.96. The monoisotopic (exact) mass is 226 g/mol. The van der Waals surface area contributed by atoms with Crippen molar-refractivity contribution in [3.05, 3.63) is 59.4 Å². The highest BCUT2D eigenvalue weighted by atomic mass is 16.5. The molecule has 2 aliphatic rings. The number of rotatable bonds is 1. The molecule has 0 amide bonds. The van der Waals surface area contributed by atoms with Gasteiger partial charge in [0.15, 0.2) is 5.78 Å². The van der Waals surface area contributed by atoms with Crippen LogP contribution in [0, 0.1) is 0 Å². The number of Topliss-reactive ketones (excluding diaryl/α,β-unsaturated/α-hetero) is 1. The molecule has 1 aliphatic carbocycles. The van der Waals surface area contributed by atoms with Gasteiger partial charge in [0.05, 0.1) is 6.42 Å². The largest absolute Gasteiger partial charge is 0.489 e. The van der Waals surface area contributed by atoms with Crippen LogP contribution >= 0.6 is 0 Å². The molecular weight excluding hydrogens is 212 g/mol. The van der Waals surface area contributed by atoms with Crippen LogP contribution in [0.25, 0.3) is 0 Å². The molecule has 1 atom stereocenters. The van der Waals surface area contributed by atoms with Crippen LogP contribution in [0.5, 0.6) is 0 Å². The van der Waals surface area contributed by atoms with Gasteiger partial charge in [-0.15, -0.1) is 0 Å². The molecule has 0 saturated carbocycles. The van der Waals surface area contributed by atoms with Crippen molar-refractivity contribution >= 4 is 5.78 Å². The van der Waals surface area contributed by atoms with Crippen LogP contribution in [0.15, 0.2) is 53.8 Å². The molecule has 2 heteroatoms. The highest BCUT2D eigenvalue weighted by Gasteiger charge is 2.29. The summed E-state index contributed by atoms with van der Waals surface area (Å²) in [5.74, 6) is 1.11. The molecular formula is C15H14O2. The minimum absolute atomic E-state index is 0.103. The van der Waals surface area contributed by atoms with E-state index < -0.39 is 0 Å². The highest BCUT2D eigenvalue weighted by molar-refractivity contribution is 5.97. The molecule has 86 valence electrons. The Balaban J connectivity index is 1.89. The average Bonchev–Trinajstić information content (AvgIpc) is 2.40. The quantitative estimate of drug-likeness (QED) is 0.687. The molecule has 0 bridgehead atoms. The predicted octanol–water partition coefficient (Wildman–Crippen LogP) is 3.32. The third kappa shape index (κ3) is 1.91. The Bertz CT molecular complexity index is 497. The van der Waals surface area contributed by atoms with Crippen molar-refractivity contribution in [3.8, 4) is 0 Å². The molecule has 0 fully saturated rings. The van der Waals surface area contributed by atoms with Crippen molar-refractivity contribution in [2.75, 3.05) is 0 Å². The van der Waals surface area contributed by atoms with Crippen molar-refractivity contribution in [2.24, 2.45) is 0 Å². The molecule has 0 N–H and O–H groups in total. The lowest BCUT2D eigenvalue weighted by Gasteiger charge is -2.28. The Morgan fingerprint density at radius 3 is 2.65 bits per heavy atom. The van der Waals surface area contributed by atoms with Crippen molar-refractivity contribution in [1.82, 2.24) is 0 Å². The second-order valence-electron chi connectivity index (χ2n) is 4.43. The van der Waals surface area contributed by atoms with Gasteiger partial charge in [-0.25, -0.2) is 0 Å². The van der Waals surface area contributed by atoms with Crippen LogP contribution in [-0.2, 0) is 9.53 Å². The first-order valence-corrected chi connectivity index (χ1v) is 5.96. The fourth-order valence-corrected chi connectivity index (χ4v) is 2.38. The van der Waals surface area contributed by atoms with E-state index in [0.717, 1.165) is 29.7 Å². The molecule has 0 radical (unpaired) electrons. The zero-order valence-corrected chi connectivity index (χ0v) is 9.56. The van der Waals surface area contributed by atoms with E-state index in [0.29, 0.717) is 6.42 Å². The topological polar surface area (TPSA) is 26.3 Å². The van der Waals surface area contributed by atoms with Crippen molar-refractivity contribution in [1.29, 1.82) is 0 Å². The third-order valence-electron chi connectivity index (χ3n) is 3.29.